The van der Waals surface area contributed by atoms with Crippen molar-refractivity contribution in [2.24, 2.45) is 5.14 Å². The Kier molecular flexibility index (Phi) is 4.24. The first-order chi connectivity index (χ1) is 8.89. The minimum Gasteiger partial charge on any atom is -0.379 e. The second kappa shape index (κ2) is 5.58. The lowest BCUT2D eigenvalue weighted by molar-refractivity contribution is 0.0624. The molecule has 0 bridgehead atoms. The predicted octanol–water partition coefficient (Wildman–Crippen LogP) is 0.613. The van der Waals surface area contributed by atoms with Gasteiger partial charge in [0.2, 0.25) is 10.0 Å². The van der Waals surface area contributed by atoms with Crippen molar-refractivity contribution in [3.05, 3.63) is 16.5 Å². The van der Waals surface area contributed by atoms with Gasteiger partial charge >= 0.3 is 0 Å². The monoisotopic (exact) mass is 304 g/mol. The van der Waals surface area contributed by atoms with Gasteiger partial charge in [0.1, 0.15) is 4.21 Å². The molecule has 1 fully saturated rings. The van der Waals surface area contributed by atoms with Crippen molar-refractivity contribution in [3.63, 3.8) is 0 Å². The van der Waals surface area contributed by atoms with Gasteiger partial charge in [-0.2, -0.15) is 0 Å². The predicted molar refractivity (Wildman–Crippen MR) is 71.7 cm³/mol. The van der Waals surface area contributed by atoms with E-state index in [0.717, 1.165) is 30.8 Å². The highest BCUT2D eigenvalue weighted by Crippen LogP contribution is 2.25. The molecule has 1 atom stereocenters. The number of amides is 1. The normalized spacial score (nSPS) is 20.2. The summed E-state index contributed by atoms with van der Waals surface area (Å²) in [4.78, 5) is 12.1. The van der Waals surface area contributed by atoms with Crippen LogP contribution >= 0.6 is 11.3 Å². The fourth-order valence-corrected chi connectivity index (χ4v) is 4.03. The van der Waals surface area contributed by atoms with E-state index in [0.29, 0.717) is 17.7 Å². The third kappa shape index (κ3) is 3.33. The van der Waals surface area contributed by atoms with E-state index >= 15 is 0 Å². The van der Waals surface area contributed by atoms with Gasteiger partial charge in [0, 0.05) is 12.0 Å². The smallest absolute Gasteiger partial charge is 0.252 e. The molecule has 3 N–H and O–H groups in total. The maximum atomic E-state index is 12.1. The van der Waals surface area contributed by atoms with Gasteiger partial charge < -0.3 is 10.1 Å². The number of nitrogens with one attached hydrogen (secondary N) is 1. The van der Waals surface area contributed by atoms with Crippen LogP contribution in [0.15, 0.2) is 9.59 Å². The molecule has 1 unspecified atom stereocenters. The lowest BCUT2D eigenvalue weighted by Gasteiger charge is -2.23. The quantitative estimate of drug-likeness (QED) is 0.855. The van der Waals surface area contributed by atoms with Gasteiger partial charge in [-0.05, 0) is 25.3 Å². The molecular formula is C11H16N2O4S2. The fraction of sp³-hybridized carbons (Fsp3) is 0.545. The maximum absolute atomic E-state index is 12.1. The van der Waals surface area contributed by atoms with Crippen molar-refractivity contribution in [2.45, 2.75) is 30.0 Å². The Hall–Kier alpha value is -0.960. The number of sulfonamides is 1. The van der Waals surface area contributed by atoms with Crippen molar-refractivity contribution in [1.82, 2.24) is 5.32 Å². The summed E-state index contributed by atoms with van der Waals surface area (Å²) >= 11 is 0.968. The van der Waals surface area contributed by atoms with E-state index in [1.807, 2.05) is 0 Å². The third-order valence-corrected chi connectivity index (χ3v) is 5.67. The summed E-state index contributed by atoms with van der Waals surface area (Å²) in [6.07, 6.45) is 1.78. The van der Waals surface area contributed by atoms with Crippen LogP contribution in [-0.4, -0.2) is 33.6 Å². The second-order valence-electron chi connectivity index (χ2n) is 4.49. The Morgan fingerprint density at radius 2 is 2.32 bits per heavy atom. The number of carbonyl (C=O) groups excluding carboxylic acids is 1. The number of primary sulfonamides is 1. The Bertz CT molecular complexity index is 574. The van der Waals surface area contributed by atoms with Crippen LogP contribution in [0, 0.1) is 6.92 Å². The molecule has 106 valence electrons. The highest BCUT2D eigenvalue weighted by Gasteiger charge is 2.23. The molecule has 1 amide bonds. The van der Waals surface area contributed by atoms with Crippen LogP contribution in [0.3, 0.4) is 0 Å². The summed E-state index contributed by atoms with van der Waals surface area (Å²) in [6.45, 7) is 2.80. The first-order valence-electron chi connectivity index (χ1n) is 5.89. The first kappa shape index (κ1) is 14.4. The van der Waals surface area contributed by atoms with Crippen LogP contribution < -0.4 is 10.5 Å². The van der Waals surface area contributed by atoms with E-state index < -0.39 is 10.0 Å². The number of hydrogen-bond acceptors (Lipinski definition) is 5. The van der Waals surface area contributed by atoms with Gasteiger partial charge in [-0.25, -0.2) is 13.6 Å². The summed E-state index contributed by atoms with van der Waals surface area (Å²) in [6, 6.07) is -0.0153. The lowest BCUT2D eigenvalue weighted by atomic mass is 10.1. The zero-order valence-electron chi connectivity index (χ0n) is 10.5. The van der Waals surface area contributed by atoms with Gasteiger partial charge in [-0.3, -0.25) is 4.79 Å². The van der Waals surface area contributed by atoms with Crippen LogP contribution in [0.25, 0.3) is 0 Å². The molecular weight excluding hydrogens is 288 g/mol. The van der Waals surface area contributed by atoms with E-state index in [2.05, 4.69) is 5.32 Å². The van der Waals surface area contributed by atoms with Crippen LogP contribution in [-0.2, 0) is 14.8 Å². The summed E-state index contributed by atoms with van der Waals surface area (Å²) in [5.41, 5.74) is 0.765. The van der Waals surface area contributed by atoms with Gasteiger partial charge in [-0.1, -0.05) is 0 Å². The standard InChI is InChI=1S/C11H16N2O4S2/c1-7-9(6-18-11(7)19(12,15)16)10(14)13-8-3-2-4-17-5-8/h6,8H,2-5H2,1H3,(H,13,14)(H2,12,15,16). The van der Waals surface area contributed by atoms with Gasteiger partial charge in [0.05, 0.1) is 18.2 Å². The molecule has 1 aromatic rings. The zero-order valence-corrected chi connectivity index (χ0v) is 12.1. The third-order valence-electron chi connectivity index (χ3n) is 2.99. The molecule has 8 heteroatoms. The highest BCUT2D eigenvalue weighted by atomic mass is 32.2. The molecule has 0 radical (unpaired) electrons. The molecule has 1 aliphatic rings. The van der Waals surface area contributed by atoms with E-state index in [-0.39, 0.29) is 16.2 Å². The van der Waals surface area contributed by atoms with Gasteiger partial charge in [0.25, 0.3) is 5.91 Å². The number of ether oxygens (including phenoxy) is 1. The molecule has 1 aromatic heterocycles. The highest BCUT2D eigenvalue weighted by molar-refractivity contribution is 7.91. The first-order valence-corrected chi connectivity index (χ1v) is 8.31. The van der Waals surface area contributed by atoms with Crippen LogP contribution in [0.5, 0.6) is 0 Å². The summed E-state index contributed by atoms with van der Waals surface area (Å²) in [5.74, 6) is -0.279. The fourth-order valence-electron chi connectivity index (χ4n) is 2.02. The van der Waals surface area contributed by atoms with E-state index in [1.54, 1.807) is 6.92 Å². The summed E-state index contributed by atoms with van der Waals surface area (Å²) in [5, 5.41) is 9.46. The molecule has 1 saturated heterocycles. The lowest BCUT2D eigenvalue weighted by Crippen LogP contribution is -2.40. The van der Waals surface area contributed by atoms with Crippen molar-refractivity contribution in [2.75, 3.05) is 13.2 Å². The second-order valence-corrected chi connectivity index (χ2v) is 7.13. The minimum absolute atomic E-state index is 0.0153. The molecule has 0 aromatic carbocycles. The number of nitrogens with two attached hydrogens (primary N) is 1. The number of hydrogen-bond donors (Lipinski definition) is 2. The molecule has 2 rings (SSSR count). The van der Waals surface area contributed by atoms with Crippen molar-refractivity contribution >= 4 is 27.3 Å². The van der Waals surface area contributed by atoms with Crippen LogP contribution in [0.1, 0.15) is 28.8 Å². The molecule has 0 spiro atoms. The average molecular weight is 304 g/mol. The Morgan fingerprint density at radius 1 is 1.58 bits per heavy atom. The summed E-state index contributed by atoms with van der Waals surface area (Å²) in [7, 11) is -3.77. The zero-order chi connectivity index (χ0) is 14.0. The molecule has 19 heavy (non-hydrogen) atoms. The van der Waals surface area contributed by atoms with Crippen LogP contribution in [0.4, 0.5) is 0 Å². The minimum atomic E-state index is -3.77. The van der Waals surface area contributed by atoms with E-state index in [4.69, 9.17) is 9.88 Å². The van der Waals surface area contributed by atoms with E-state index in [9.17, 15) is 13.2 Å². The largest absolute Gasteiger partial charge is 0.379 e. The maximum Gasteiger partial charge on any atom is 0.252 e. The Labute approximate surface area is 116 Å². The summed E-state index contributed by atoms with van der Waals surface area (Å²) < 4.78 is 28.0. The average Bonchev–Trinajstić information content (AvgIpc) is 2.72. The Balaban J connectivity index is 2.13. The van der Waals surface area contributed by atoms with Crippen molar-refractivity contribution in [1.29, 1.82) is 0 Å². The SMILES string of the molecule is Cc1c(C(=O)NC2CCCOC2)csc1S(N)(=O)=O. The molecule has 2 heterocycles. The van der Waals surface area contributed by atoms with E-state index in [1.165, 1.54) is 5.38 Å². The molecule has 1 aliphatic heterocycles. The Morgan fingerprint density at radius 3 is 2.84 bits per heavy atom. The van der Waals surface area contributed by atoms with Crippen molar-refractivity contribution < 1.29 is 17.9 Å². The van der Waals surface area contributed by atoms with Crippen molar-refractivity contribution in [3.8, 4) is 0 Å². The van der Waals surface area contributed by atoms with Gasteiger partial charge in [-0.15, -0.1) is 11.3 Å². The topological polar surface area (TPSA) is 98.5 Å². The van der Waals surface area contributed by atoms with Crippen LogP contribution in [0.2, 0.25) is 0 Å². The molecule has 0 saturated carbocycles. The number of rotatable bonds is 3. The molecule has 6 nitrogen and oxygen atoms in total. The number of carbonyl (C=O) groups is 1. The van der Waals surface area contributed by atoms with Gasteiger partial charge in [0.15, 0.2) is 0 Å². The number of thiophene rings is 1. The molecule has 0 aliphatic carbocycles.